The highest BCUT2D eigenvalue weighted by molar-refractivity contribution is 5.15. The topological polar surface area (TPSA) is 28.4 Å². The number of nitrogens with zero attached hydrogens (tertiary/aromatic N) is 1. The van der Waals surface area contributed by atoms with Crippen LogP contribution in [0.15, 0.2) is 28.4 Å². The van der Waals surface area contributed by atoms with Gasteiger partial charge in [-0.3, -0.25) is 4.90 Å². The van der Waals surface area contributed by atoms with Gasteiger partial charge < -0.3 is 9.73 Å². The lowest BCUT2D eigenvalue weighted by Crippen LogP contribution is -2.31. The van der Waals surface area contributed by atoms with Gasteiger partial charge in [-0.15, -0.1) is 0 Å². The van der Waals surface area contributed by atoms with Crippen LogP contribution >= 0.6 is 0 Å². The van der Waals surface area contributed by atoms with Crippen LogP contribution in [0.1, 0.15) is 31.6 Å². The Hall–Kier alpha value is -1.27. The number of alkyl halides is 3. The Bertz CT molecular complexity index is 491. The molecule has 0 aromatic carbocycles. The lowest BCUT2D eigenvalue weighted by atomic mass is 10.1. The molecule has 0 unspecified atom stereocenters. The molecule has 0 aliphatic carbocycles. The van der Waals surface area contributed by atoms with E-state index < -0.39 is 11.7 Å². The number of hydrogen-bond acceptors (Lipinski definition) is 3. The Morgan fingerprint density at radius 1 is 1.38 bits per heavy atom. The van der Waals surface area contributed by atoms with Crippen molar-refractivity contribution in [3.8, 4) is 0 Å². The molecule has 118 valence electrons. The van der Waals surface area contributed by atoms with Crippen LogP contribution in [0.5, 0.6) is 0 Å². The predicted octanol–water partition coefficient (Wildman–Crippen LogP) is 3.47. The second-order valence-electron chi connectivity index (χ2n) is 5.67. The van der Waals surface area contributed by atoms with Gasteiger partial charge in [0, 0.05) is 36.8 Å². The average Bonchev–Trinajstić information content (AvgIpc) is 2.83. The molecule has 1 N–H and O–H groups in total. The Kier molecular flexibility index (Phi) is 5.11. The molecule has 1 aromatic rings. The second-order valence-corrected chi connectivity index (χ2v) is 5.67. The van der Waals surface area contributed by atoms with E-state index in [0.29, 0.717) is 25.7 Å². The number of rotatable bonds is 5. The van der Waals surface area contributed by atoms with Crippen LogP contribution in [0.3, 0.4) is 0 Å². The summed E-state index contributed by atoms with van der Waals surface area (Å²) in [5.41, 5.74) is 0.641. The Morgan fingerprint density at radius 2 is 2.14 bits per heavy atom. The van der Waals surface area contributed by atoms with E-state index >= 15 is 0 Å². The van der Waals surface area contributed by atoms with Crippen molar-refractivity contribution >= 4 is 0 Å². The first-order valence-corrected chi connectivity index (χ1v) is 7.13. The molecule has 1 aromatic heterocycles. The molecule has 6 heteroatoms. The molecule has 1 aliphatic heterocycles. The first-order chi connectivity index (χ1) is 9.84. The standard InChI is InChI=1S/C15H21F3N2O/c1-11(2)19-8-12-7-14(21-10-12)9-20-5-3-13(4-6-20)15(16,17)18/h3,7,10-11,19H,4-6,8-9H2,1-2H3. The summed E-state index contributed by atoms with van der Waals surface area (Å²) in [6, 6.07) is 2.36. The maximum atomic E-state index is 12.5. The molecule has 0 bridgehead atoms. The summed E-state index contributed by atoms with van der Waals surface area (Å²) in [5, 5.41) is 3.29. The van der Waals surface area contributed by atoms with Gasteiger partial charge in [-0.25, -0.2) is 0 Å². The highest BCUT2D eigenvalue weighted by Crippen LogP contribution is 2.30. The van der Waals surface area contributed by atoms with Crippen molar-refractivity contribution in [2.75, 3.05) is 13.1 Å². The normalized spacial score (nSPS) is 17.3. The maximum Gasteiger partial charge on any atom is 0.412 e. The number of furan rings is 1. The minimum Gasteiger partial charge on any atom is -0.468 e. The van der Waals surface area contributed by atoms with Crippen molar-refractivity contribution in [3.63, 3.8) is 0 Å². The lowest BCUT2D eigenvalue weighted by Gasteiger charge is -2.26. The molecule has 2 heterocycles. The second kappa shape index (κ2) is 6.66. The summed E-state index contributed by atoms with van der Waals surface area (Å²) in [4.78, 5) is 1.95. The van der Waals surface area contributed by atoms with Crippen LogP contribution in [0.2, 0.25) is 0 Å². The van der Waals surface area contributed by atoms with Crippen LogP contribution in [-0.2, 0) is 13.1 Å². The van der Waals surface area contributed by atoms with Gasteiger partial charge in [0.2, 0.25) is 0 Å². The first-order valence-electron chi connectivity index (χ1n) is 7.13. The molecule has 0 radical (unpaired) electrons. The third-order valence-electron chi connectivity index (χ3n) is 3.46. The SMILES string of the molecule is CC(C)NCc1coc(CN2CC=C(C(F)(F)F)CC2)c1. The van der Waals surface area contributed by atoms with Crippen LogP contribution in [0.25, 0.3) is 0 Å². The smallest absolute Gasteiger partial charge is 0.412 e. The molecule has 0 atom stereocenters. The van der Waals surface area contributed by atoms with Crippen molar-refractivity contribution in [2.45, 2.75) is 45.6 Å². The van der Waals surface area contributed by atoms with Gasteiger partial charge in [0.05, 0.1) is 12.8 Å². The zero-order chi connectivity index (χ0) is 15.5. The Balaban J connectivity index is 1.85. The molecule has 0 spiro atoms. The van der Waals surface area contributed by atoms with Crippen molar-refractivity contribution < 1.29 is 17.6 Å². The summed E-state index contributed by atoms with van der Waals surface area (Å²) in [6.45, 7) is 6.14. The minimum atomic E-state index is -4.19. The van der Waals surface area contributed by atoms with E-state index in [9.17, 15) is 13.2 Å². The van der Waals surface area contributed by atoms with Gasteiger partial charge >= 0.3 is 6.18 Å². The quantitative estimate of drug-likeness (QED) is 0.844. The predicted molar refractivity (Wildman–Crippen MR) is 74.7 cm³/mol. The summed E-state index contributed by atoms with van der Waals surface area (Å²) < 4.78 is 43.1. The van der Waals surface area contributed by atoms with Crippen LogP contribution in [-0.4, -0.2) is 30.2 Å². The summed E-state index contributed by atoms with van der Waals surface area (Å²) in [5.74, 6) is 0.791. The fraction of sp³-hybridized carbons (Fsp3) is 0.600. The van der Waals surface area contributed by atoms with Gasteiger partial charge in [0.25, 0.3) is 0 Å². The molecule has 0 amide bonds. The highest BCUT2D eigenvalue weighted by atomic mass is 19.4. The molecule has 2 rings (SSSR count). The number of halogens is 3. The lowest BCUT2D eigenvalue weighted by molar-refractivity contribution is -0.0961. The van der Waals surface area contributed by atoms with E-state index in [1.165, 1.54) is 6.08 Å². The third-order valence-corrected chi connectivity index (χ3v) is 3.46. The zero-order valence-electron chi connectivity index (χ0n) is 12.3. The number of hydrogen-bond donors (Lipinski definition) is 1. The van der Waals surface area contributed by atoms with E-state index in [1.807, 2.05) is 11.0 Å². The molecule has 0 fully saturated rings. The van der Waals surface area contributed by atoms with Gasteiger partial charge in [-0.1, -0.05) is 19.9 Å². The van der Waals surface area contributed by atoms with Gasteiger partial charge in [-0.05, 0) is 12.5 Å². The first kappa shape index (κ1) is 16.1. The minimum absolute atomic E-state index is 0.0476. The van der Waals surface area contributed by atoms with Crippen LogP contribution in [0.4, 0.5) is 13.2 Å². The molecule has 0 saturated carbocycles. The molecule has 0 saturated heterocycles. The Labute approximate surface area is 122 Å². The summed E-state index contributed by atoms with van der Waals surface area (Å²) in [7, 11) is 0. The van der Waals surface area contributed by atoms with Crippen molar-refractivity contribution in [3.05, 3.63) is 35.3 Å². The fourth-order valence-corrected chi connectivity index (χ4v) is 2.26. The molecular formula is C15H21F3N2O. The highest BCUT2D eigenvalue weighted by Gasteiger charge is 2.34. The van der Waals surface area contributed by atoms with Crippen LogP contribution < -0.4 is 5.32 Å². The maximum absolute atomic E-state index is 12.5. The van der Waals surface area contributed by atoms with Gasteiger partial charge in [0.1, 0.15) is 5.76 Å². The Morgan fingerprint density at radius 3 is 2.71 bits per heavy atom. The largest absolute Gasteiger partial charge is 0.468 e. The van der Waals surface area contributed by atoms with Gasteiger partial charge in [0.15, 0.2) is 0 Å². The summed E-state index contributed by atoms with van der Waals surface area (Å²) >= 11 is 0. The number of nitrogens with one attached hydrogen (secondary N) is 1. The van der Waals surface area contributed by atoms with E-state index in [4.69, 9.17) is 4.42 Å². The van der Waals surface area contributed by atoms with E-state index in [0.717, 1.165) is 17.9 Å². The molecule has 1 aliphatic rings. The van der Waals surface area contributed by atoms with Crippen molar-refractivity contribution in [1.29, 1.82) is 0 Å². The van der Waals surface area contributed by atoms with Crippen molar-refractivity contribution in [1.82, 2.24) is 10.2 Å². The van der Waals surface area contributed by atoms with Crippen molar-refractivity contribution in [2.24, 2.45) is 0 Å². The molecule has 3 nitrogen and oxygen atoms in total. The van der Waals surface area contributed by atoms with E-state index in [-0.39, 0.29) is 6.42 Å². The molecule has 21 heavy (non-hydrogen) atoms. The van der Waals surface area contributed by atoms with E-state index in [1.54, 1.807) is 6.26 Å². The van der Waals surface area contributed by atoms with E-state index in [2.05, 4.69) is 19.2 Å². The fourth-order valence-electron chi connectivity index (χ4n) is 2.26. The zero-order valence-corrected chi connectivity index (χ0v) is 12.3. The third kappa shape index (κ3) is 4.89. The molecular weight excluding hydrogens is 281 g/mol. The van der Waals surface area contributed by atoms with Gasteiger partial charge in [-0.2, -0.15) is 13.2 Å². The monoisotopic (exact) mass is 302 g/mol. The van der Waals surface area contributed by atoms with Crippen LogP contribution in [0, 0.1) is 0 Å². The average molecular weight is 302 g/mol. The summed E-state index contributed by atoms with van der Waals surface area (Å²) in [6.07, 6.45) is -1.17.